The first kappa shape index (κ1) is 21.5. The van der Waals surface area contributed by atoms with E-state index in [-0.39, 0.29) is 36.1 Å². The smallest absolute Gasteiger partial charge is 0.422 e. The Morgan fingerprint density at radius 1 is 1.26 bits per heavy atom. The molecule has 0 spiro atoms. The number of alkyl halides is 3. The molecule has 0 saturated heterocycles. The van der Waals surface area contributed by atoms with Crippen molar-refractivity contribution in [2.75, 3.05) is 6.61 Å². The molecule has 132 valence electrons. The fraction of sp³-hybridized carbons (Fsp3) is 0.533. The summed E-state index contributed by atoms with van der Waals surface area (Å²) in [5.74, 6) is 0.0266. The molecule has 8 heteroatoms. The molecule has 0 aliphatic carbocycles. The van der Waals surface area contributed by atoms with E-state index in [4.69, 9.17) is 5.73 Å². The summed E-state index contributed by atoms with van der Waals surface area (Å²) in [4.78, 5) is 11.7. The second kappa shape index (κ2) is 9.62. The van der Waals surface area contributed by atoms with Crippen LogP contribution in [0.5, 0.6) is 5.75 Å². The molecule has 0 saturated carbocycles. The number of nitrogens with two attached hydrogens (primary N) is 1. The number of rotatable bonds is 7. The van der Waals surface area contributed by atoms with Gasteiger partial charge < -0.3 is 15.8 Å². The predicted molar refractivity (Wildman–Crippen MR) is 84.7 cm³/mol. The van der Waals surface area contributed by atoms with E-state index in [9.17, 15) is 18.0 Å². The fourth-order valence-corrected chi connectivity index (χ4v) is 1.77. The molecule has 0 fully saturated rings. The Labute approximate surface area is 140 Å². The third kappa shape index (κ3) is 9.30. The highest BCUT2D eigenvalue weighted by atomic mass is 35.5. The summed E-state index contributed by atoms with van der Waals surface area (Å²) in [6.45, 7) is 2.31. The van der Waals surface area contributed by atoms with Crippen LogP contribution in [0.1, 0.15) is 38.3 Å². The number of hydrogen-bond donors (Lipinski definition) is 2. The van der Waals surface area contributed by atoms with Crippen molar-refractivity contribution < 1.29 is 22.7 Å². The van der Waals surface area contributed by atoms with Gasteiger partial charge in [0.1, 0.15) is 5.75 Å². The van der Waals surface area contributed by atoms with Gasteiger partial charge in [0.05, 0.1) is 6.04 Å². The average molecular weight is 355 g/mol. The number of carbonyl (C=O) groups excluding carboxylic acids is 1. The van der Waals surface area contributed by atoms with Crippen LogP contribution in [-0.2, 0) is 4.79 Å². The molecular weight excluding hydrogens is 333 g/mol. The normalized spacial score (nSPS) is 13.7. The lowest BCUT2D eigenvalue weighted by molar-refractivity contribution is -0.153. The highest BCUT2D eigenvalue weighted by Crippen LogP contribution is 2.21. The van der Waals surface area contributed by atoms with E-state index < -0.39 is 12.8 Å². The second-order valence-corrected chi connectivity index (χ2v) is 5.28. The van der Waals surface area contributed by atoms with E-state index in [2.05, 4.69) is 10.1 Å². The van der Waals surface area contributed by atoms with Gasteiger partial charge in [-0.15, -0.1) is 12.4 Å². The van der Waals surface area contributed by atoms with E-state index in [0.29, 0.717) is 12.8 Å². The van der Waals surface area contributed by atoms with Gasteiger partial charge in [-0.1, -0.05) is 12.1 Å². The summed E-state index contributed by atoms with van der Waals surface area (Å²) >= 11 is 0. The molecule has 2 unspecified atom stereocenters. The van der Waals surface area contributed by atoms with Crippen molar-refractivity contribution in [3.8, 4) is 5.75 Å². The zero-order valence-corrected chi connectivity index (χ0v) is 13.8. The lowest BCUT2D eigenvalue weighted by atomic mass is 10.1. The highest BCUT2D eigenvalue weighted by Gasteiger charge is 2.28. The lowest BCUT2D eigenvalue weighted by Gasteiger charge is -2.16. The van der Waals surface area contributed by atoms with Crippen molar-refractivity contribution in [3.63, 3.8) is 0 Å². The first-order chi connectivity index (χ1) is 10.2. The van der Waals surface area contributed by atoms with Crippen molar-refractivity contribution in [1.82, 2.24) is 5.32 Å². The van der Waals surface area contributed by atoms with Gasteiger partial charge in [0.15, 0.2) is 6.61 Å². The van der Waals surface area contributed by atoms with Crippen molar-refractivity contribution in [3.05, 3.63) is 29.8 Å². The summed E-state index contributed by atoms with van der Waals surface area (Å²) in [6.07, 6.45) is -3.42. The van der Waals surface area contributed by atoms with E-state index in [1.807, 2.05) is 6.92 Å². The maximum Gasteiger partial charge on any atom is 0.422 e. The molecule has 1 rings (SSSR count). The van der Waals surface area contributed by atoms with Crippen LogP contribution in [0.3, 0.4) is 0 Å². The Balaban J connectivity index is 0.00000484. The largest absolute Gasteiger partial charge is 0.484 e. The van der Waals surface area contributed by atoms with Crippen LogP contribution in [0.2, 0.25) is 0 Å². The Bertz CT molecular complexity index is 479. The minimum atomic E-state index is -4.36. The van der Waals surface area contributed by atoms with E-state index in [1.54, 1.807) is 19.1 Å². The standard InChI is InChI=1S/C15H21F3N2O2.ClH/c1-10(19)3-8-14(21)20-11(2)12-4-6-13(7-5-12)22-9-15(16,17)18;/h4-7,10-11H,3,8-9,19H2,1-2H3,(H,20,21);1H. The molecule has 4 nitrogen and oxygen atoms in total. The molecule has 0 aliphatic rings. The highest BCUT2D eigenvalue weighted by molar-refractivity contribution is 5.85. The molecule has 0 aliphatic heterocycles. The lowest BCUT2D eigenvalue weighted by Crippen LogP contribution is -2.28. The van der Waals surface area contributed by atoms with Gasteiger partial charge in [-0.2, -0.15) is 13.2 Å². The van der Waals surface area contributed by atoms with Crippen LogP contribution in [0.4, 0.5) is 13.2 Å². The summed E-state index contributed by atoms with van der Waals surface area (Å²) in [6, 6.07) is 5.88. The van der Waals surface area contributed by atoms with Gasteiger partial charge in [-0.3, -0.25) is 4.79 Å². The van der Waals surface area contributed by atoms with Gasteiger partial charge >= 0.3 is 6.18 Å². The SMILES string of the molecule is CC(N)CCC(=O)NC(C)c1ccc(OCC(F)(F)F)cc1.Cl. The Kier molecular flexibility index (Phi) is 9.01. The molecule has 1 aromatic rings. The molecule has 1 amide bonds. The fourth-order valence-electron chi connectivity index (χ4n) is 1.77. The van der Waals surface area contributed by atoms with Crippen molar-refractivity contribution in [1.29, 1.82) is 0 Å². The topological polar surface area (TPSA) is 64.4 Å². The number of hydrogen-bond acceptors (Lipinski definition) is 3. The monoisotopic (exact) mass is 354 g/mol. The number of amides is 1. The Morgan fingerprint density at radius 2 is 1.83 bits per heavy atom. The van der Waals surface area contributed by atoms with Crippen LogP contribution in [0.25, 0.3) is 0 Å². The Hall–Kier alpha value is -1.47. The van der Waals surface area contributed by atoms with Gasteiger partial charge in [-0.05, 0) is 38.0 Å². The molecule has 0 heterocycles. The molecule has 0 radical (unpaired) electrons. The van der Waals surface area contributed by atoms with Crippen LogP contribution in [0, 0.1) is 0 Å². The summed E-state index contributed by atoms with van der Waals surface area (Å²) < 4.78 is 40.7. The second-order valence-electron chi connectivity index (χ2n) is 5.28. The summed E-state index contributed by atoms with van der Waals surface area (Å²) in [5, 5.41) is 2.81. The molecular formula is C15H22ClF3N2O2. The number of nitrogens with one attached hydrogen (secondary N) is 1. The molecule has 23 heavy (non-hydrogen) atoms. The van der Waals surface area contributed by atoms with Gasteiger partial charge in [0.25, 0.3) is 0 Å². The quantitative estimate of drug-likeness (QED) is 0.789. The van der Waals surface area contributed by atoms with Gasteiger partial charge in [-0.25, -0.2) is 0 Å². The molecule has 1 aromatic carbocycles. The van der Waals surface area contributed by atoms with Gasteiger partial charge in [0.2, 0.25) is 5.91 Å². The minimum Gasteiger partial charge on any atom is -0.484 e. The van der Waals surface area contributed by atoms with Crippen LogP contribution in [-0.4, -0.2) is 24.7 Å². The predicted octanol–water partition coefficient (Wildman–Crippen LogP) is 3.35. The molecule has 0 bridgehead atoms. The minimum absolute atomic E-state index is 0. The molecule has 3 N–H and O–H groups in total. The van der Waals surface area contributed by atoms with Crippen molar-refractivity contribution >= 4 is 18.3 Å². The maximum absolute atomic E-state index is 12.0. The third-order valence-corrected chi connectivity index (χ3v) is 2.99. The first-order valence-electron chi connectivity index (χ1n) is 7.02. The average Bonchev–Trinajstić information content (AvgIpc) is 2.42. The Morgan fingerprint density at radius 3 is 2.30 bits per heavy atom. The summed E-state index contributed by atoms with van der Waals surface area (Å²) in [5.41, 5.74) is 6.37. The molecule has 2 atom stereocenters. The zero-order valence-electron chi connectivity index (χ0n) is 13.0. The van der Waals surface area contributed by atoms with Gasteiger partial charge in [0, 0.05) is 12.5 Å². The van der Waals surface area contributed by atoms with E-state index in [1.165, 1.54) is 12.1 Å². The van der Waals surface area contributed by atoms with Crippen molar-refractivity contribution in [2.24, 2.45) is 5.73 Å². The maximum atomic E-state index is 12.0. The number of benzene rings is 1. The number of carbonyl (C=O) groups is 1. The first-order valence-corrected chi connectivity index (χ1v) is 7.02. The van der Waals surface area contributed by atoms with E-state index in [0.717, 1.165) is 5.56 Å². The van der Waals surface area contributed by atoms with Crippen LogP contribution >= 0.6 is 12.4 Å². The van der Waals surface area contributed by atoms with Crippen LogP contribution < -0.4 is 15.8 Å². The van der Waals surface area contributed by atoms with Crippen molar-refractivity contribution in [2.45, 2.75) is 44.9 Å². The number of ether oxygens (including phenoxy) is 1. The van der Waals surface area contributed by atoms with E-state index >= 15 is 0 Å². The zero-order chi connectivity index (χ0) is 16.8. The van der Waals surface area contributed by atoms with Crippen LogP contribution in [0.15, 0.2) is 24.3 Å². The third-order valence-electron chi connectivity index (χ3n) is 2.99. The summed E-state index contributed by atoms with van der Waals surface area (Å²) in [7, 11) is 0. The molecule has 0 aromatic heterocycles. The number of halogens is 4.